The summed E-state index contributed by atoms with van der Waals surface area (Å²) in [6, 6.07) is 8.66. The molecule has 4 heteroatoms. The van der Waals surface area contributed by atoms with E-state index in [0.29, 0.717) is 4.32 Å². The number of benzene rings is 1. The van der Waals surface area contributed by atoms with E-state index in [9.17, 15) is 0 Å². The molecule has 0 heterocycles. The summed E-state index contributed by atoms with van der Waals surface area (Å²) in [4.78, 5) is 2.38. The van der Waals surface area contributed by atoms with Crippen molar-refractivity contribution in [2.45, 2.75) is 72.1 Å². The van der Waals surface area contributed by atoms with Gasteiger partial charge < -0.3 is 10.2 Å². The van der Waals surface area contributed by atoms with Crippen molar-refractivity contribution < 1.29 is 0 Å². The number of unbranched alkanes of at least 4 members (excludes halogenated alkanes) is 1. The minimum Gasteiger partial charge on any atom is -0.341 e. The van der Waals surface area contributed by atoms with Crippen molar-refractivity contribution >= 4 is 34.9 Å². The van der Waals surface area contributed by atoms with E-state index in [2.05, 4.69) is 87.0 Å². The van der Waals surface area contributed by atoms with Crippen molar-refractivity contribution in [3.8, 4) is 0 Å². The van der Waals surface area contributed by atoms with Gasteiger partial charge in [-0.25, -0.2) is 0 Å². The van der Waals surface area contributed by atoms with Crippen molar-refractivity contribution in [1.82, 2.24) is 4.90 Å². The lowest BCUT2D eigenvalue weighted by atomic mass is 9.78. The average molecular weight is 421 g/mol. The molecule has 158 valence electrons. The first-order chi connectivity index (χ1) is 13.5. The maximum atomic E-state index is 4.94. The Morgan fingerprint density at radius 2 is 1.61 bits per heavy atom. The first kappa shape index (κ1) is 25.2. The van der Waals surface area contributed by atoms with Crippen molar-refractivity contribution in [3.63, 3.8) is 0 Å². The Labute approximate surface area is 184 Å². The van der Waals surface area contributed by atoms with Gasteiger partial charge in [0.15, 0.2) is 0 Å². The fraction of sp³-hybridized carbons (Fsp3) is 0.625. The Morgan fingerprint density at radius 1 is 1.04 bits per heavy atom. The summed E-state index contributed by atoms with van der Waals surface area (Å²) in [5.41, 5.74) is 2.48. The molecule has 1 fully saturated rings. The predicted octanol–water partition coefficient (Wildman–Crippen LogP) is 7.29. The minimum absolute atomic E-state index is 0.516. The Balaban J connectivity index is 0.000000480. The second-order valence-corrected chi connectivity index (χ2v) is 8.66. The number of hydrogen-bond donors (Lipinski definition) is 2. The van der Waals surface area contributed by atoms with Gasteiger partial charge in [0.2, 0.25) is 0 Å². The topological polar surface area (TPSA) is 15.3 Å². The average Bonchev–Trinajstić information content (AvgIpc) is 2.71. The lowest BCUT2D eigenvalue weighted by Crippen LogP contribution is -2.21. The highest BCUT2D eigenvalue weighted by atomic mass is 32.1. The predicted molar refractivity (Wildman–Crippen MR) is 134 cm³/mol. The molecule has 2 rings (SSSR count). The monoisotopic (exact) mass is 420 g/mol. The zero-order valence-corrected chi connectivity index (χ0v) is 20.0. The largest absolute Gasteiger partial charge is 0.341 e. The quantitative estimate of drug-likeness (QED) is 0.261. The SMILES string of the molecule is CCC/C=C/C1CCC(c2ccc(NC(=S)S)cc2)CC1.CCN(CC)CC. The van der Waals surface area contributed by atoms with Crippen molar-refractivity contribution in [3.05, 3.63) is 42.0 Å². The van der Waals surface area contributed by atoms with Crippen LogP contribution in [-0.2, 0) is 0 Å². The van der Waals surface area contributed by atoms with Crippen LogP contribution in [0.15, 0.2) is 36.4 Å². The summed E-state index contributed by atoms with van der Waals surface area (Å²) in [6.45, 7) is 12.4. The van der Waals surface area contributed by atoms with Gasteiger partial charge in [-0.05, 0) is 81.3 Å². The Bertz CT molecular complexity index is 551. The van der Waals surface area contributed by atoms with Crippen LogP contribution in [0.1, 0.15) is 77.7 Å². The van der Waals surface area contributed by atoms with Crippen LogP contribution in [0.5, 0.6) is 0 Å². The van der Waals surface area contributed by atoms with Gasteiger partial charge in [-0.15, -0.1) is 12.6 Å². The molecule has 1 aliphatic rings. The molecule has 0 radical (unpaired) electrons. The number of nitrogens with zero attached hydrogens (tertiary/aromatic N) is 1. The number of thiol groups is 1. The second-order valence-electron chi connectivity index (χ2n) is 7.50. The normalized spacial score (nSPS) is 19.4. The van der Waals surface area contributed by atoms with Gasteiger partial charge in [-0.2, -0.15) is 0 Å². The lowest BCUT2D eigenvalue weighted by Gasteiger charge is -2.27. The molecule has 0 aliphatic heterocycles. The molecule has 0 atom stereocenters. The van der Waals surface area contributed by atoms with E-state index in [1.54, 1.807) is 0 Å². The Kier molecular flexibility index (Phi) is 13.6. The van der Waals surface area contributed by atoms with E-state index in [1.165, 1.54) is 63.7 Å². The highest BCUT2D eigenvalue weighted by Crippen LogP contribution is 2.36. The van der Waals surface area contributed by atoms with Crippen LogP contribution in [0.2, 0.25) is 0 Å². The molecule has 2 nitrogen and oxygen atoms in total. The third-order valence-corrected chi connectivity index (χ3v) is 5.82. The van der Waals surface area contributed by atoms with E-state index in [-0.39, 0.29) is 0 Å². The van der Waals surface area contributed by atoms with E-state index in [4.69, 9.17) is 12.2 Å². The maximum absolute atomic E-state index is 4.94. The summed E-state index contributed by atoms with van der Waals surface area (Å²) >= 11 is 9.03. The summed E-state index contributed by atoms with van der Waals surface area (Å²) in [7, 11) is 0. The number of thiocarbonyl (C=S) groups is 1. The molecule has 1 aromatic carbocycles. The summed E-state index contributed by atoms with van der Waals surface area (Å²) in [5.74, 6) is 1.52. The first-order valence-corrected chi connectivity index (χ1v) is 11.9. The molecule has 0 aromatic heterocycles. The summed E-state index contributed by atoms with van der Waals surface area (Å²) in [5, 5.41) is 3.06. The second kappa shape index (κ2) is 15.1. The molecule has 0 saturated heterocycles. The van der Waals surface area contributed by atoms with Gasteiger partial charge in [-0.3, -0.25) is 0 Å². The number of allylic oxidation sites excluding steroid dienone is 2. The van der Waals surface area contributed by atoms with Crippen LogP contribution in [0.3, 0.4) is 0 Å². The number of anilines is 1. The smallest absolute Gasteiger partial charge is 0.135 e. The number of rotatable bonds is 8. The van der Waals surface area contributed by atoms with E-state index < -0.39 is 0 Å². The molecule has 28 heavy (non-hydrogen) atoms. The maximum Gasteiger partial charge on any atom is 0.135 e. The molecular weight excluding hydrogens is 380 g/mol. The molecule has 1 aromatic rings. The van der Waals surface area contributed by atoms with E-state index >= 15 is 0 Å². The van der Waals surface area contributed by atoms with Gasteiger partial charge in [0.05, 0.1) is 0 Å². The molecule has 0 amide bonds. The molecule has 0 unspecified atom stereocenters. The van der Waals surface area contributed by atoms with Crippen LogP contribution in [-0.4, -0.2) is 28.9 Å². The minimum atomic E-state index is 0.516. The number of nitrogens with one attached hydrogen (secondary N) is 1. The summed E-state index contributed by atoms with van der Waals surface area (Å²) in [6.07, 6.45) is 12.5. The third kappa shape index (κ3) is 10.1. The van der Waals surface area contributed by atoms with Gasteiger partial charge >= 0.3 is 0 Å². The van der Waals surface area contributed by atoms with Crippen LogP contribution < -0.4 is 5.32 Å². The van der Waals surface area contributed by atoms with Crippen LogP contribution >= 0.6 is 24.8 Å². The molecule has 1 N–H and O–H groups in total. The Morgan fingerprint density at radius 3 is 2.04 bits per heavy atom. The van der Waals surface area contributed by atoms with Gasteiger partial charge in [0, 0.05) is 5.69 Å². The van der Waals surface area contributed by atoms with E-state index in [1.807, 2.05) is 0 Å². The van der Waals surface area contributed by atoms with Crippen molar-refractivity contribution in [1.29, 1.82) is 0 Å². The molecular formula is C24H40N2S2. The Hall–Kier alpha value is -0.840. The highest BCUT2D eigenvalue weighted by molar-refractivity contribution is 8.11. The lowest BCUT2D eigenvalue weighted by molar-refractivity contribution is 0.321. The molecule has 1 aliphatic carbocycles. The molecule has 0 spiro atoms. The fourth-order valence-corrected chi connectivity index (χ4v) is 3.98. The fourth-order valence-electron chi connectivity index (χ4n) is 3.73. The third-order valence-electron chi connectivity index (χ3n) is 5.61. The molecule has 0 bridgehead atoms. The zero-order valence-electron chi connectivity index (χ0n) is 18.3. The van der Waals surface area contributed by atoms with Gasteiger partial charge in [-0.1, -0.05) is 70.6 Å². The standard InChI is InChI=1S/C18H25NS2.C6H15N/c1-2-3-4-5-14-6-8-15(9-7-14)16-10-12-17(13-11-16)19-18(20)21;1-4-7(5-2)6-3/h4-5,10-15H,2-3,6-9H2,1H3,(H2,19,20,21);4-6H2,1-3H3/b5-4+;. The van der Waals surface area contributed by atoms with E-state index in [0.717, 1.165) is 17.5 Å². The van der Waals surface area contributed by atoms with Crippen molar-refractivity contribution in [2.75, 3.05) is 25.0 Å². The van der Waals surface area contributed by atoms with Gasteiger partial charge in [0.25, 0.3) is 0 Å². The van der Waals surface area contributed by atoms with Crippen LogP contribution in [0.4, 0.5) is 5.69 Å². The van der Waals surface area contributed by atoms with Gasteiger partial charge in [0.1, 0.15) is 4.32 Å². The highest BCUT2D eigenvalue weighted by Gasteiger charge is 2.20. The first-order valence-electron chi connectivity index (χ1n) is 11.0. The van der Waals surface area contributed by atoms with Crippen LogP contribution in [0.25, 0.3) is 0 Å². The molecule has 1 saturated carbocycles. The van der Waals surface area contributed by atoms with Crippen LogP contribution in [0, 0.1) is 5.92 Å². The number of hydrogen-bond acceptors (Lipinski definition) is 2. The summed E-state index contributed by atoms with van der Waals surface area (Å²) < 4.78 is 0.516. The zero-order chi connectivity index (χ0) is 20.8. The van der Waals surface area contributed by atoms with Crippen molar-refractivity contribution in [2.24, 2.45) is 5.92 Å².